The Bertz CT molecular complexity index is 1950. The van der Waals surface area contributed by atoms with Crippen molar-refractivity contribution in [1.82, 2.24) is 14.5 Å². The summed E-state index contributed by atoms with van der Waals surface area (Å²) in [5.74, 6) is -3.20. The lowest BCUT2D eigenvalue weighted by atomic mass is 10.0. The van der Waals surface area contributed by atoms with E-state index in [0.717, 1.165) is 6.07 Å². The maximum absolute atomic E-state index is 15.5. The molecule has 0 aliphatic heterocycles. The van der Waals surface area contributed by atoms with Crippen LogP contribution in [0.25, 0.3) is 22.3 Å². The predicted octanol–water partition coefficient (Wildman–Crippen LogP) is 5.46. The van der Waals surface area contributed by atoms with Gasteiger partial charge in [-0.3, -0.25) is 0 Å². The van der Waals surface area contributed by atoms with Crippen LogP contribution in [0.3, 0.4) is 0 Å². The normalized spacial score (nSPS) is 11.0. The van der Waals surface area contributed by atoms with E-state index in [-0.39, 0.29) is 52.4 Å². The minimum Gasteiger partial charge on any atom is -0.478 e. The topological polar surface area (TPSA) is 148 Å². The second-order valence-electron chi connectivity index (χ2n) is 9.76. The molecule has 222 valence electrons. The molecule has 44 heavy (non-hydrogen) atoms. The number of methoxy groups -OCH3 is 1. The van der Waals surface area contributed by atoms with Crippen molar-refractivity contribution in [2.24, 2.45) is 0 Å². The summed E-state index contributed by atoms with van der Waals surface area (Å²) in [7, 11) is 1.54. The van der Waals surface area contributed by atoms with Crippen LogP contribution >= 0.6 is 0 Å². The van der Waals surface area contributed by atoms with E-state index < -0.39 is 23.6 Å². The van der Waals surface area contributed by atoms with Crippen molar-refractivity contribution in [3.63, 3.8) is 0 Å². The van der Waals surface area contributed by atoms with Gasteiger partial charge in [0.25, 0.3) is 0 Å². The number of nitrogens with zero attached hydrogens (tertiary/aromatic N) is 4. The summed E-state index contributed by atoms with van der Waals surface area (Å²) >= 11 is 0. The molecular formula is C32H24F2N4O6. The van der Waals surface area contributed by atoms with Crippen molar-refractivity contribution in [3.8, 4) is 23.2 Å². The Morgan fingerprint density at radius 2 is 1.66 bits per heavy atom. The highest BCUT2D eigenvalue weighted by atomic mass is 19.1. The molecule has 0 aliphatic rings. The fourth-order valence-corrected chi connectivity index (χ4v) is 4.63. The van der Waals surface area contributed by atoms with Crippen LogP contribution in [0.2, 0.25) is 0 Å². The zero-order valence-corrected chi connectivity index (χ0v) is 23.3. The van der Waals surface area contributed by atoms with Crippen LogP contribution in [-0.4, -0.2) is 50.4 Å². The average Bonchev–Trinajstić information content (AvgIpc) is 3.35. The van der Waals surface area contributed by atoms with Gasteiger partial charge >= 0.3 is 11.9 Å². The van der Waals surface area contributed by atoms with Crippen molar-refractivity contribution in [2.45, 2.75) is 19.6 Å². The van der Waals surface area contributed by atoms with Gasteiger partial charge in [0.1, 0.15) is 24.1 Å². The molecule has 2 N–H and O–H groups in total. The van der Waals surface area contributed by atoms with E-state index in [9.17, 15) is 24.2 Å². The highest BCUT2D eigenvalue weighted by Crippen LogP contribution is 2.27. The highest BCUT2D eigenvalue weighted by Gasteiger charge is 2.17. The zero-order chi connectivity index (χ0) is 31.4. The van der Waals surface area contributed by atoms with Crippen LogP contribution in [0.4, 0.5) is 8.78 Å². The molecule has 0 aliphatic carbocycles. The SMILES string of the molecule is COCCn1c(Cc2ccc(-c3cc(C(=O)O)cc(OCc4ccc(C#N)cc4F)n3)cc2F)nc2ccc(C(=O)O)cc21. The number of carboxylic acids is 2. The minimum atomic E-state index is -1.26. The van der Waals surface area contributed by atoms with Crippen molar-refractivity contribution in [2.75, 3.05) is 13.7 Å². The molecule has 0 bridgehead atoms. The van der Waals surface area contributed by atoms with E-state index in [1.54, 1.807) is 16.7 Å². The first-order chi connectivity index (χ1) is 21.2. The zero-order valence-electron chi connectivity index (χ0n) is 23.3. The third kappa shape index (κ3) is 6.38. The Kier molecular flexibility index (Phi) is 8.59. The quantitative estimate of drug-likeness (QED) is 0.202. The van der Waals surface area contributed by atoms with Crippen LogP contribution in [-0.2, 0) is 24.3 Å². The molecule has 0 saturated carbocycles. The third-order valence-electron chi connectivity index (χ3n) is 6.90. The van der Waals surface area contributed by atoms with Gasteiger partial charge in [-0.05, 0) is 48.0 Å². The van der Waals surface area contributed by atoms with Gasteiger partial charge in [0, 0.05) is 37.3 Å². The summed E-state index contributed by atoms with van der Waals surface area (Å²) in [6.07, 6.45) is 0.0834. The van der Waals surface area contributed by atoms with Crippen LogP contribution in [0, 0.1) is 23.0 Å². The monoisotopic (exact) mass is 598 g/mol. The van der Waals surface area contributed by atoms with Crippen molar-refractivity contribution >= 4 is 23.0 Å². The summed E-state index contributed by atoms with van der Waals surface area (Å²) in [5, 5.41) is 28.0. The Balaban J connectivity index is 1.43. The number of ether oxygens (including phenoxy) is 2. The lowest BCUT2D eigenvalue weighted by Gasteiger charge is -2.12. The Morgan fingerprint density at radius 3 is 2.34 bits per heavy atom. The summed E-state index contributed by atoms with van der Waals surface area (Å²) in [6, 6.07) is 17.1. The number of fused-ring (bicyclic) bond motifs is 1. The number of halogens is 2. The van der Waals surface area contributed by atoms with E-state index in [0.29, 0.717) is 35.6 Å². The van der Waals surface area contributed by atoms with Gasteiger partial charge in [-0.25, -0.2) is 28.3 Å². The number of carbonyl (C=O) groups is 2. The largest absolute Gasteiger partial charge is 0.478 e. The molecule has 5 rings (SSSR count). The fourth-order valence-electron chi connectivity index (χ4n) is 4.63. The first-order valence-electron chi connectivity index (χ1n) is 13.2. The lowest BCUT2D eigenvalue weighted by Crippen LogP contribution is -2.10. The number of hydrogen-bond acceptors (Lipinski definition) is 7. The molecule has 0 unspecified atom stereocenters. The van der Waals surface area contributed by atoms with Gasteiger partial charge in [0.05, 0.1) is 46.1 Å². The van der Waals surface area contributed by atoms with E-state index >= 15 is 4.39 Å². The number of hydrogen-bond donors (Lipinski definition) is 2. The first kappa shape index (κ1) is 29.8. The molecule has 0 fully saturated rings. The van der Waals surface area contributed by atoms with Gasteiger partial charge in [-0.15, -0.1) is 0 Å². The Hall–Kier alpha value is -5.67. The molecule has 2 heterocycles. The van der Waals surface area contributed by atoms with Crippen molar-refractivity contribution < 1.29 is 38.1 Å². The van der Waals surface area contributed by atoms with Crippen molar-refractivity contribution in [3.05, 3.63) is 112 Å². The number of nitriles is 1. The molecule has 12 heteroatoms. The fraction of sp³-hybridized carbons (Fsp3) is 0.156. The summed E-state index contributed by atoms with van der Waals surface area (Å²) in [5.41, 5.74) is 2.05. The van der Waals surface area contributed by atoms with E-state index in [1.165, 1.54) is 55.6 Å². The minimum absolute atomic E-state index is 0.0834. The number of carboxylic acid groups (broad SMARTS) is 2. The maximum Gasteiger partial charge on any atom is 0.335 e. The maximum atomic E-state index is 15.5. The Morgan fingerprint density at radius 1 is 0.909 bits per heavy atom. The molecule has 0 radical (unpaired) electrons. The smallest absolute Gasteiger partial charge is 0.335 e. The van der Waals surface area contributed by atoms with Crippen LogP contribution in [0.1, 0.15) is 43.2 Å². The molecular weight excluding hydrogens is 574 g/mol. The van der Waals surface area contributed by atoms with Crippen LogP contribution in [0.15, 0.2) is 66.7 Å². The molecule has 0 atom stereocenters. The molecule has 10 nitrogen and oxygen atoms in total. The first-order valence-corrected chi connectivity index (χ1v) is 13.2. The second kappa shape index (κ2) is 12.7. The van der Waals surface area contributed by atoms with E-state index in [2.05, 4.69) is 9.97 Å². The Labute approximate surface area is 249 Å². The summed E-state index contributed by atoms with van der Waals surface area (Å²) in [6.45, 7) is 0.412. The standard InChI is InChI=1S/C32H24F2N4O6/c1-43-9-8-38-28-13-21(31(39)40)6-7-26(28)36-29(38)14-19-4-5-20(11-25(19)34)27-12-23(32(41)42)15-30(37-27)44-17-22-3-2-18(16-35)10-24(22)33/h2-7,10-13,15H,8-9,14,17H2,1H3,(H,39,40)(H,41,42). The molecule has 3 aromatic carbocycles. The van der Waals surface area contributed by atoms with E-state index in [1.807, 2.05) is 6.07 Å². The third-order valence-corrected chi connectivity index (χ3v) is 6.90. The number of aromatic carboxylic acids is 2. The predicted molar refractivity (Wildman–Crippen MR) is 153 cm³/mol. The number of rotatable bonds is 11. The molecule has 2 aromatic heterocycles. The second-order valence-corrected chi connectivity index (χ2v) is 9.76. The number of benzene rings is 3. The average molecular weight is 599 g/mol. The molecule has 0 saturated heterocycles. The van der Waals surface area contributed by atoms with E-state index in [4.69, 9.17) is 14.7 Å². The highest BCUT2D eigenvalue weighted by molar-refractivity contribution is 5.92. The van der Waals surface area contributed by atoms with Crippen molar-refractivity contribution in [1.29, 1.82) is 5.26 Å². The summed E-state index contributed by atoms with van der Waals surface area (Å²) < 4.78 is 42.4. The van der Waals surface area contributed by atoms with Crippen LogP contribution in [0.5, 0.6) is 5.88 Å². The van der Waals surface area contributed by atoms with Crippen LogP contribution < -0.4 is 4.74 Å². The lowest BCUT2D eigenvalue weighted by molar-refractivity contribution is 0.0686. The van der Waals surface area contributed by atoms with Gasteiger partial charge in [-0.2, -0.15) is 5.26 Å². The van der Waals surface area contributed by atoms with Gasteiger partial charge in [-0.1, -0.05) is 18.2 Å². The van der Waals surface area contributed by atoms with Gasteiger partial charge in [0.15, 0.2) is 0 Å². The number of aromatic nitrogens is 3. The molecule has 5 aromatic rings. The molecule has 0 spiro atoms. The summed E-state index contributed by atoms with van der Waals surface area (Å²) in [4.78, 5) is 32.2. The van der Waals surface area contributed by atoms with Gasteiger partial charge in [0.2, 0.25) is 5.88 Å². The number of imidazole rings is 1. The number of pyridine rings is 1. The van der Waals surface area contributed by atoms with Gasteiger partial charge < -0.3 is 24.3 Å². The molecule has 0 amide bonds.